The first-order valence-electron chi connectivity index (χ1n) is 6.43. The van der Waals surface area contributed by atoms with Crippen molar-refractivity contribution in [3.8, 4) is 5.75 Å². The zero-order valence-corrected chi connectivity index (χ0v) is 11.5. The molecule has 3 heteroatoms. The Labute approximate surface area is 108 Å². The van der Waals surface area contributed by atoms with Crippen LogP contribution in [0.1, 0.15) is 37.0 Å². The van der Waals surface area contributed by atoms with Crippen molar-refractivity contribution < 1.29 is 14.3 Å². The van der Waals surface area contributed by atoms with E-state index in [-0.39, 0.29) is 5.97 Å². The molecule has 1 aliphatic rings. The molecule has 1 aromatic rings. The molecule has 0 saturated heterocycles. The lowest BCUT2D eigenvalue weighted by molar-refractivity contribution is -0.161. The second kappa shape index (κ2) is 4.63. The van der Waals surface area contributed by atoms with Crippen molar-refractivity contribution in [3.63, 3.8) is 0 Å². The van der Waals surface area contributed by atoms with Crippen LogP contribution in [0.5, 0.6) is 5.75 Å². The van der Waals surface area contributed by atoms with Gasteiger partial charge in [0.1, 0.15) is 5.75 Å². The van der Waals surface area contributed by atoms with Gasteiger partial charge < -0.3 is 9.47 Å². The first-order valence-corrected chi connectivity index (χ1v) is 6.43. The van der Waals surface area contributed by atoms with Gasteiger partial charge in [0.25, 0.3) is 0 Å². The zero-order valence-electron chi connectivity index (χ0n) is 11.5. The molecule has 1 aliphatic heterocycles. The Bertz CT molecular complexity index is 479. The van der Waals surface area contributed by atoms with Gasteiger partial charge in [-0.1, -0.05) is 12.1 Å². The predicted molar refractivity (Wildman–Crippen MR) is 69.9 cm³/mol. The third-order valence-corrected chi connectivity index (χ3v) is 3.58. The molecular weight excluding hydrogens is 228 g/mol. The Hall–Kier alpha value is -1.51. The summed E-state index contributed by atoms with van der Waals surface area (Å²) in [5.74, 6) is 0.591. The molecule has 0 spiro atoms. The summed E-state index contributed by atoms with van der Waals surface area (Å²) in [6, 6.07) is 4.13. The lowest BCUT2D eigenvalue weighted by Gasteiger charge is -2.35. The van der Waals surface area contributed by atoms with E-state index in [2.05, 4.69) is 13.0 Å². The molecule has 1 atom stereocenters. The summed E-state index contributed by atoms with van der Waals surface area (Å²) >= 11 is 0. The SMILES string of the molecule is CCOC(=O)C1(C)CCc2c(C)ccc(C)c2O1. The van der Waals surface area contributed by atoms with Gasteiger partial charge in [-0.05, 0) is 50.8 Å². The summed E-state index contributed by atoms with van der Waals surface area (Å²) in [4.78, 5) is 12.0. The fourth-order valence-corrected chi connectivity index (χ4v) is 2.36. The Morgan fingerprint density at radius 1 is 1.39 bits per heavy atom. The molecule has 0 aliphatic carbocycles. The number of hydrogen-bond donors (Lipinski definition) is 0. The number of carbonyl (C=O) groups excluding carboxylic acids is 1. The van der Waals surface area contributed by atoms with E-state index in [4.69, 9.17) is 9.47 Å². The maximum Gasteiger partial charge on any atom is 0.350 e. The number of fused-ring (bicyclic) bond motifs is 1. The molecule has 0 amide bonds. The topological polar surface area (TPSA) is 35.5 Å². The van der Waals surface area contributed by atoms with E-state index < -0.39 is 5.60 Å². The second-order valence-electron chi connectivity index (χ2n) is 5.06. The van der Waals surface area contributed by atoms with Crippen molar-refractivity contribution in [3.05, 3.63) is 28.8 Å². The van der Waals surface area contributed by atoms with Gasteiger partial charge in [-0.3, -0.25) is 0 Å². The largest absolute Gasteiger partial charge is 0.475 e. The first-order chi connectivity index (χ1) is 8.48. The first kappa shape index (κ1) is 12.9. The van der Waals surface area contributed by atoms with Crippen LogP contribution in [0.15, 0.2) is 12.1 Å². The molecule has 0 bridgehead atoms. The highest BCUT2D eigenvalue weighted by Gasteiger charge is 2.41. The van der Waals surface area contributed by atoms with Crippen LogP contribution in [0, 0.1) is 13.8 Å². The number of carbonyl (C=O) groups is 1. The number of ether oxygens (including phenoxy) is 2. The molecule has 0 radical (unpaired) electrons. The van der Waals surface area contributed by atoms with Gasteiger partial charge in [0, 0.05) is 6.42 Å². The zero-order chi connectivity index (χ0) is 13.3. The molecule has 1 heterocycles. The fourth-order valence-electron chi connectivity index (χ4n) is 2.36. The predicted octanol–water partition coefficient (Wildman–Crippen LogP) is 2.95. The minimum atomic E-state index is -0.846. The van der Waals surface area contributed by atoms with Crippen LogP contribution < -0.4 is 4.74 Å². The summed E-state index contributed by atoms with van der Waals surface area (Å²) in [5, 5.41) is 0. The van der Waals surface area contributed by atoms with E-state index in [1.807, 2.05) is 26.8 Å². The summed E-state index contributed by atoms with van der Waals surface area (Å²) in [7, 11) is 0. The van der Waals surface area contributed by atoms with Crippen LogP contribution in [0.25, 0.3) is 0 Å². The number of hydrogen-bond acceptors (Lipinski definition) is 3. The van der Waals surface area contributed by atoms with Crippen LogP contribution >= 0.6 is 0 Å². The quantitative estimate of drug-likeness (QED) is 0.755. The van der Waals surface area contributed by atoms with Gasteiger partial charge in [-0.15, -0.1) is 0 Å². The smallest absolute Gasteiger partial charge is 0.350 e. The lowest BCUT2D eigenvalue weighted by Crippen LogP contribution is -2.45. The minimum Gasteiger partial charge on any atom is -0.475 e. The molecule has 1 unspecified atom stereocenters. The van der Waals surface area contributed by atoms with E-state index in [1.165, 1.54) is 11.1 Å². The van der Waals surface area contributed by atoms with E-state index in [0.717, 1.165) is 17.7 Å². The highest BCUT2D eigenvalue weighted by Crippen LogP contribution is 2.38. The molecule has 0 N–H and O–H groups in total. The van der Waals surface area contributed by atoms with Crippen molar-refractivity contribution in [1.82, 2.24) is 0 Å². The van der Waals surface area contributed by atoms with Crippen molar-refractivity contribution >= 4 is 5.97 Å². The van der Waals surface area contributed by atoms with Gasteiger partial charge in [0.05, 0.1) is 6.61 Å². The van der Waals surface area contributed by atoms with E-state index in [9.17, 15) is 4.79 Å². The number of aryl methyl sites for hydroxylation is 2. The average Bonchev–Trinajstić information content (AvgIpc) is 2.34. The van der Waals surface area contributed by atoms with Crippen molar-refractivity contribution in [1.29, 1.82) is 0 Å². The van der Waals surface area contributed by atoms with E-state index in [1.54, 1.807) is 0 Å². The third-order valence-electron chi connectivity index (χ3n) is 3.58. The Kier molecular flexibility index (Phi) is 3.33. The maximum atomic E-state index is 12.0. The van der Waals surface area contributed by atoms with Crippen molar-refractivity contribution in [2.45, 2.75) is 46.1 Å². The lowest BCUT2D eigenvalue weighted by atomic mass is 9.89. The molecule has 3 nitrogen and oxygen atoms in total. The number of esters is 1. The molecule has 0 saturated carbocycles. The van der Waals surface area contributed by atoms with Crippen LogP contribution in [-0.2, 0) is 16.0 Å². The third kappa shape index (κ3) is 2.09. The highest BCUT2D eigenvalue weighted by molar-refractivity contribution is 5.80. The molecule has 98 valence electrons. The fraction of sp³-hybridized carbons (Fsp3) is 0.533. The minimum absolute atomic E-state index is 0.267. The molecule has 18 heavy (non-hydrogen) atoms. The molecule has 2 rings (SSSR count). The summed E-state index contributed by atoms with van der Waals surface area (Å²) in [6.45, 7) is 8.10. The monoisotopic (exact) mass is 248 g/mol. The second-order valence-corrected chi connectivity index (χ2v) is 5.06. The molecule has 0 fully saturated rings. The average molecular weight is 248 g/mol. The van der Waals surface area contributed by atoms with E-state index >= 15 is 0 Å². The van der Waals surface area contributed by atoms with Gasteiger partial charge in [-0.25, -0.2) is 4.79 Å². The number of rotatable bonds is 2. The standard InChI is InChI=1S/C15H20O3/c1-5-17-14(16)15(4)9-8-12-10(2)6-7-11(3)13(12)18-15/h6-7H,5,8-9H2,1-4H3. The van der Waals surface area contributed by atoms with Crippen LogP contribution in [0.3, 0.4) is 0 Å². The molecule has 0 aromatic heterocycles. The Morgan fingerprint density at radius 3 is 2.72 bits per heavy atom. The summed E-state index contributed by atoms with van der Waals surface area (Å²) in [5.41, 5.74) is 2.67. The van der Waals surface area contributed by atoms with Crippen LogP contribution in [0.4, 0.5) is 0 Å². The van der Waals surface area contributed by atoms with Crippen LogP contribution in [0.2, 0.25) is 0 Å². The van der Waals surface area contributed by atoms with Gasteiger partial charge >= 0.3 is 5.97 Å². The molecule has 1 aromatic carbocycles. The van der Waals surface area contributed by atoms with E-state index in [0.29, 0.717) is 13.0 Å². The highest BCUT2D eigenvalue weighted by atomic mass is 16.6. The van der Waals surface area contributed by atoms with Crippen molar-refractivity contribution in [2.24, 2.45) is 0 Å². The summed E-state index contributed by atoms with van der Waals surface area (Å²) in [6.07, 6.45) is 1.53. The van der Waals surface area contributed by atoms with Gasteiger partial charge in [-0.2, -0.15) is 0 Å². The molecular formula is C15H20O3. The Morgan fingerprint density at radius 2 is 2.06 bits per heavy atom. The van der Waals surface area contributed by atoms with Gasteiger partial charge in [0.15, 0.2) is 0 Å². The van der Waals surface area contributed by atoms with Crippen LogP contribution in [-0.4, -0.2) is 18.2 Å². The summed E-state index contributed by atoms with van der Waals surface area (Å²) < 4.78 is 11.1. The Balaban J connectivity index is 2.35. The normalized spacial score (nSPS) is 22.0. The maximum absolute atomic E-state index is 12.0. The van der Waals surface area contributed by atoms with Gasteiger partial charge in [0.2, 0.25) is 5.60 Å². The number of benzene rings is 1. The van der Waals surface area contributed by atoms with Crippen molar-refractivity contribution in [2.75, 3.05) is 6.61 Å².